The van der Waals surface area contributed by atoms with E-state index < -0.39 is 5.41 Å². The first-order valence-electron chi connectivity index (χ1n) is 16.5. The average molecular weight is 608 g/mol. The summed E-state index contributed by atoms with van der Waals surface area (Å²) in [6.45, 7) is 0. The van der Waals surface area contributed by atoms with Crippen molar-refractivity contribution >= 4 is 5.57 Å². The molecule has 1 aromatic heterocycles. The van der Waals surface area contributed by atoms with Crippen molar-refractivity contribution in [1.29, 1.82) is 0 Å². The van der Waals surface area contributed by atoms with Crippen LogP contribution in [0.15, 0.2) is 157 Å². The van der Waals surface area contributed by atoms with Gasteiger partial charge in [0, 0.05) is 17.6 Å². The van der Waals surface area contributed by atoms with Crippen LogP contribution in [0.2, 0.25) is 0 Å². The zero-order chi connectivity index (χ0) is 31.2. The number of hydrogen-bond acceptors (Lipinski definition) is 4. The Bertz CT molecular complexity index is 2120. The number of fused-ring (bicyclic) bond motifs is 4. The quantitative estimate of drug-likeness (QED) is 0.189. The molecule has 4 heteroatoms. The van der Waals surface area contributed by atoms with Crippen LogP contribution in [0.3, 0.4) is 0 Å². The van der Waals surface area contributed by atoms with Crippen LogP contribution in [0.5, 0.6) is 6.01 Å². The van der Waals surface area contributed by atoms with Crippen LogP contribution in [-0.4, -0.2) is 15.0 Å². The van der Waals surface area contributed by atoms with Crippen LogP contribution in [0.1, 0.15) is 47.3 Å². The van der Waals surface area contributed by atoms with Gasteiger partial charge in [-0.25, -0.2) is 4.98 Å². The lowest BCUT2D eigenvalue weighted by Crippen LogP contribution is -2.28. The van der Waals surface area contributed by atoms with E-state index >= 15 is 0 Å². The van der Waals surface area contributed by atoms with Crippen LogP contribution in [0, 0.1) is 11.8 Å². The topological polar surface area (TPSA) is 47.9 Å². The highest BCUT2D eigenvalue weighted by Gasteiger charge is 2.46. The molecule has 2 unspecified atom stereocenters. The van der Waals surface area contributed by atoms with E-state index in [2.05, 4.69) is 140 Å². The standard InChI is InChI=1S/C43H33N3O/c1-2-6-15-29(14-5-1)40-44-41(46-42(45-40)47-35-21-13-16-30-26-32(30)27-35)31-24-25-37-36-22-11-12-23-38(36)43(39(37)28-31,33-17-7-3-8-18-33)34-19-9-4-10-20-34/h1-14,16-25,28,30,32H,15,26-27H2. The van der Waals surface area contributed by atoms with E-state index in [0.29, 0.717) is 29.5 Å². The van der Waals surface area contributed by atoms with Crippen molar-refractivity contribution in [2.24, 2.45) is 11.8 Å². The van der Waals surface area contributed by atoms with E-state index in [1.807, 2.05) is 12.2 Å². The highest BCUT2D eigenvalue weighted by atomic mass is 16.5. The zero-order valence-corrected chi connectivity index (χ0v) is 26.0. The molecule has 2 atom stereocenters. The minimum absolute atomic E-state index is 0.336. The molecular weight excluding hydrogens is 574 g/mol. The van der Waals surface area contributed by atoms with Gasteiger partial charge in [-0.05, 0) is 70.2 Å². The van der Waals surface area contributed by atoms with Crippen LogP contribution >= 0.6 is 0 Å². The van der Waals surface area contributed by atoms with Crippen LogP contribution in [-0.2, 0) is 5.41 Å². The average Bonchev–Trinajstić information content (AvgIpc) is 3.89. The number of allylic oxidation sites excluding steroid dienone is 10. The van der Waals surface area contributed by atoms with E-state index in [9.17, 15) is 0 Å². The summed E-state index contributed by atoms with van der Waals surface area (Å²) < 4.78 is 6.46. The molecule has 4 nitrogen and oxygen atoms in total. The normalized spacial score (nSPS) is 19.8. The van der Waals surface area contributed by atoms with Crippen molar-refractivity contribution in [2.75, 3.05) is 0 Å². The largest absolute Gasteiger partial charge is 0.429 e. The molecule has 1 saturated carbocycles. The van der Waals surface area contributed by atoms with Gasteiger partial charge in [0.25, 0.3) is 0 Å². The molecule has 226 valence electrons. The molecule has 0 spiro atoms. The summed E-state index contributed by atoms with van der Waals surface area (Å²) in [6, 6.07) is 37.5. The Labute approximate surface area is 275 Å². The van der Waals surface area contributed by atoms with Crippen molar-refractivity contribution < 1.29 is 4.74 Å². The predicted molar refractivity (Wildman–Crippen MR) is 188 cm³/mol. The van der Waals surface area contributed by atoms with Crippen molar-refractivity contribution in [1.82, 2.24) is 15.0 Å². The fraction of sp³-hybridized carbons (Fsp3) is 0.140. The molecule has 1 fully saturated rings. The molecule has 0 aliphatic heterocycles. The van der Waals surface area contributed by atoms with E-state index in [4.69, 9.17) is 19.7 Å². The third-order valence-corrected chi connectivity index (χ3v) is 9.92. The number of nitrogens with zero attached hydrogens (tertiary/aromatic N) is 3. The Kier molecular flexibility index (Phi) is 6.67. The minimum Gasteiger partial charge on any atom is -0.429 e. The lowest BCUT2D eigenvalue weighted by atomic mass is 9.67. The first-order chi connectivity index (χ1) is 23.3. The maximum atomic E-state index is 6.46. The molecule has 9 rings (SSSR count). The second kappa shape index (κ2) is 11.3. The van der Waals surface area contributed by atoms with Gasteiger partial charge < -0.3 is 4.74 Å². The number of benzene rings is 4. The summed E-state index contributed by atoms with van der Waals surface area (Å²) in [7, 11) is 0. The van der Waals surface area contributed by atoms with Gasteiger partial charge in [0.15, 0.2) is 11.6 Å². The van der Waals surface area contributed by atoms with Gasteiger partial charge in [0.1, 0.15) is 5.76 Å². The van der Waals surface area contributed by atoms with Gasteiger partial charge in [-0.1, -0.05) is 140 Å². The first-order valence-corrected chi connectivity index (χ1v) is 16.5. The second-order valence-electron chi connectivity index (χ2n) is 12.7. The molecule has 1 heterocycles. The Morgan fingerprint density at radius 1 is 0.638 bits per heavy atom. The first kappa shape index (κ1) is 27.7. The molecule has 4 aliphatic carbocycles. The smallest absolute Gasteiger partial charge is 0.325 e. The molecule has 0 saturated heterocycles. The van der Waals surface area contributed by atoms with E-state index in [0.717, 1.165) is 29.7 Å². The number of rotatable bonds is 6. The summed E-state index contributed by atoms with van der Waals surface area (Å²) in [6.07, 6.45) is 19.7. The summed E-state index contributed by atoms with van der Waals surface area (Å²) >= 11 is 0. The van der Waals surface area contributed by atoms with Gasteiger partial charge in [0.2, 0.25) is 0 Å². The van der Waals surface area contributed by atoms with E-state index in [-0.39, 0.29) is 0 Å². The van der Waals surface area contributed by atoms with Crippen molar-refractivity contribution in [3.63, 3.8) is 0 Å². The summed E-state index contributed by atoms with van der Waals surface area (Å²) in [5, 5.41) is 0. The third kappa shape index (κ3) is 4.80. The van der Waals surface area contributed by atoms with E-state index in [1.54, 1.807) is 0 Å². The Balaban J connectivity index is 1.23. The highest BCUT2D eigenvalue weighted by molar-refractivity contribution is 5.88. The molecule has 0 bridgehead atoms. The minimum atomic E-state index is -0.503. The van der Waals surface area contributed by atoms with Crippen molar-refractivity contribution in [2.45, 2.75) is 24.7 Å². The Hall–Kier alpha value is -5.61. The molecule has 47 heavy (non-hydrogen) atoms. The number of ether oxygens (including phenoxy) is 1. The van der Waals surface area contributed by atoms with Crippen molar-refractivity contribution in [3.8, 4) is 28.5 Å². The lowest BCUT2D eigenvalue weighted by molar-refractivity contribution is 0.363. The van der Waals surface area contributed by atoms with Crippen LogP contribution in [0.4, 0.5) is 0 Å². The van der Waals surface area contributed by atoms with E-state index in [1.165, 1.54) is 39.8 Å². The maximum Gasteiger partial charge on any atom is 0.325 e. The van der Waals surface area contributed by atoms with Gasteiger partial charge >= 0.3 is 6.01 Å². The van der Waals surface area contributed by atoms with Crippen molar-refractivity contribution in [3.05, 3.63) is 186 Å². The number of hydrogen-bond donors (Lipinski definition) is 0. The SMILES string of the molecule is C1=CC=C(c2nc(OC3=CC=CC4CC4C3)nc(-c3ccc4c(c3)C(c3ccccc3)(c3ccccc3)c3ccccc3-4)n2)CC=C1. The monoisotopic (exact) mass is 607 g/mol. The fourth-order valence-corrected chi connectivity index (χ4v) is 7.57. The highest BCUT2D eigenvalue weighted by Crippen LogP contribution is 2.56. The van der Waals surface area contributed by atoms with Crippen LogP contribution < -0.4 is 4.74 Å². The van der Waals surface area contributed by atoms with Gasteiger partial charge in [-0.15, -0.1) is 0 Å². The van der Waals surface area contributed by atoms with Gasteiger partial charge in [-0.3, -0.25) is 0 Å². The zero-order valence-electron chi connectivity index (χ0n) is 26.0. The fourth-order valence-electron chi connectivity index (χ4n) is 7.57. The molecule has 0 N–H and O–H groups in total. The summed E-state index contributed by atoms with van der Waals surface area (Å²) in [4.78, 5) is 15.0. The summed E-state index contributed by atoms with van der Waals surface area (Å²) in [5.74, 6) is 3.45. The molecule has 5 aromatic rings. The van der Waals surface area contributed by atoms with Gasteiger partial charge in [-0.2, -0.15) is 9.97 Å². The summed E-state index contributed by atoms with van der Waals surface area (Å²) in [5.41, 5.74) is 8.86. The molecule has 0 radical (unpaired) electrons. The van der Waals surface area contributed by atoms with Gasteiger partial charge in [0.05, 0.1) is 5.41 Å². The Morgan fingerprint density at radius 3 is 2.21 bits per heavy atom. The Morgan fingerprint density at radius 2 is 1.38 bits per heavy atom. The molecule has 4 aliphatic rings. The molecular formula is C43H33N3O. The third-order valence-electron chi connectivity index (χ3n) is 9.92. The number of aromatic nitrogens is 3. The predicted octanol–water partition coefficient (Wildman–Crippen LogP) is 9.66. The van der Waals surface area contributed by atoms with Crippen LogP contribution in [0.25, 0.3) is 28.1 Å². The molecule has 0 amide bonds. The molecule has 4 aromatic carbocycles. The second-order valence-corrected chi connectivity index (χ2v) is 12.7. The maximum absolute atomic E-state index is 6.46. The lowest BCUT2D eigenvalue weighted by Gasteiger charge is -2.34.